The van der Waals surface area contributed by atoms with E-state index < -0.39 is 34.6 Å². The normalized spacial score (nSPS) is 17.7. The Labute approximate surface area is 144 Å². The van der Waals surface area contributed by atoms with Gasteiger partial charge in [-0.1, -0.05) is 30.3 Å². The lowest BCUT2D eigenvalue weighted by Crippen LogP contribution is -2.44. The summed E-state index contributed by atoms with van der Waals surface area (Å²) in [7, 11) is -3.63. The molecule has 0 aliphatic carbocycles. The summed E-state index contributed by atoms with van der Waals surface area (Å²) >= 11 is 0. The molecule has 25 heavy (non-hydrogen) atoms. The number of piperidine rings is 1. The monoisotopic (exact) mass is 376 g/mol. The zero-order valence-electron chi connectivity index (χ0n) is 13.4. The number of halogens is 3. The van der Waals surface area contributed by atoms with E-state index in [1.807, 2.05) is 11.4 Å². The van der Waals surface area contributed by atoms with Gasteiger partial charge >= 0.3 is 6.18 Å². The SMILES string of the molecule is O=C(NCC(F)(F)F)C1CCN(S(=O)(=O)/C=C/c2ccccc2)CC1. The van der Waals surface area contributed by atoms with Crippen molar-refractivity contribution in [3.8, 4) is 0 Å². The van der Waals surface area contributed by atoms with Crippen LogP contribution in [-0.2, 0) is 14.8 Å². The first-order chi connectivity index (χ1) is 11.7. The summed E-state index contributed by atoms with van der Waals surface area (Å²) in [4.78, 5) is 11.7. The van der Waals surface area contributed by atoms with Crippen molar-refractivity contribution >= 4 is 22.0 Å². The Morgan fingerprint density at radius 3 is 2.36 bits per heavy atom. The summed E-state index contributed by atoms with van der Waals surface area (Å²) < 4.78 is 62.2. The van der Waals surface area contributed by atoms with Crippen LogP contribution in [0, 0.1) is 5.92 Å². The highest BCUT2D eigenvalue weighted by Gasteiger charge is 2.32. The first-order valence-corrected chi connectivity index (χ1v) is 9.25. The molecule has 1 saturated heterocycles. The van der Waals surface area contributed by atoms with E-state index in [1.165, 1.54) is 10.4 Å². The largest absolute Gasteiger partial charge is 0.405 e. The maximum absolute atomic E-state index is 12.3. The molecule has 0 spiro atoms. The molecule has 0 saturated carbocycles. The molecule has 138 valence electrons. The van der Waals surface area contributed by atoms with Crippen molar-refractivity contribution in [2.45, 2.75) is 19.0 Å². The summed E-state index contributed by atoms with van der Waals surface area (Å²) in [6.45, 7) is -1.17. The van der Waals surface area contributed by atoms with Gasteiger partial charge in [-0.25, -0.2) is 8.42 Å². The smallest absolute Gasteiger partial charge is 0.347 e. The summed E-state index contributed by atoms with van der Waals surface area (Å²) in [6.07, 6.45) is -2.58. The quantitative estimate of drug-likeness (QED) is 0.858. The van der Waals surface area contributed by atoms with E-state index >= 15 is 0 Å². The Kier molecular flexibility index (Phi) is 6.23. The van der Waals surface area contributed by atoms with Crippen molar-refractivity contribution in [1.29, 1.82) is 0 Å². The van der Waals surface area contributed by atoms with Crippen LogP contribution in [-0.4, -0.2) is 44.4 Å². The summed E-state index contributed by atoms with van der Waals surface area (Å²) in [5, 5.41) is 2.95. The minimum absolute atomic E-state index is 0.103. The fourth-order valence-corrected chi connectivity index (χ4v) is 3.74. The molecule has 0 radical (unpaired) electrons. The molecule has 1 amide bonds. The van der Waals surface area contributed by atoms with Crippen molar-refractivity contribution in [2.75, 3.05) is 19.6 Å². The van der Waals surface area contributed by atoms with Crippen molar-refractivity contribution in [3.63, 3.8) is 0 Å². The average molecular weight is 376 g/mol. The van der Waals surface area contributed by atoms with Gasteiger partial charge in [0.1, 0.15) is 6.54 Å². The third-order valence-electron chi connectivity index (χ3n) is 3.88. The highest BCUT2D eigenvalue weighted by Crippen LogP contribution is 2.21. The second-order valence-corrected chi connectivity index (χ2v) is 7.58. The Balaban J connectivity index is 1.88. The number of carbonyl (C=O) groups is 1. The second-order valence-electron chi connectivity index (χ2n) is 5.76. The Hall–Kier alpha value is -1.87. The maximum atomic E-state index is 12.3. The predicted octanol–water partition coefficient (Wildman–Crippen LogP) is 2.38. The average Bonchev–Trinajstić information content (AvgIpc) is 2.58. The number of nitrogens with zero attached hydrogens (tertiary/aromatic N) is 1. The molecule has 1 aliphatic rings. The molecule has 0 unspecified atom stereocenters. The molecule has 2 rings (SSSR count). The third-order valence-corrected chi connectivity index (χ3v) is 5.44. The lowest BCUT2D eigenvalue weighted by Gasteiger charge is -2.29. The van der Waals surface area contributed by atoms with Gasteiger partial charge in [0.2, 0.25) is 15.9 Å². The van der Waals surface area contributed by atoms with Crippen LogP contribution in [0.4, 0.5) is 13.2 Å². The number of carbonyl (C=O) groups excluding carboxylic acids is 1. The van der Waals surface area contributed by atoms with Crippen LogP contribution in [0.2, 0.25) is 0 Å². The van der Waals surface area contributed by atoms with Crippen molar-refractivity contribution < 1.29 is 26.4 Å². The van der Waals surface area contributed by atoms with Gasteiger partial charge in [-0.3, -0.25) is 4.79 Å². The zero-order chi connectivity index (χ0) is 18.5. The number of rotatable bonds is 5. The zero-order valence-corrected chi connectivity index (χ0v) is 14.2. The van der Waals surface area contributed by atoms with Crippen LogP contribution >= 0.6 is 0 Å². The molecule has 1 fully saturated rings. The number of sulfonamides is 1. The second kappa shape index (κ2) is 8.01. The minimum Gasteiger partial charge on any atom is -0.347 e. The molecule has 1 aromatic rings. The van der Waals surface area contributed by atoms with Gasteiger partial charge in [0.25, 0.3) is 0 Å². The van der Waals surface area contributed by atoms with Gasteiger partial charge < -0.3 is 5.32 Å². The van der Waals surface area contributed by atoms with E-state index in [4.69, 9.17) is 0 Å². The van der Waals surface area contributed by atoms with Gasteiger partial charge in [-0.2, -0.15) is 17.5 Å². The Bertz CT molecular complexity index is 710. The molecular weight excluding hydrogens is 357 g/mol. The molecule has 5 nitrogen and oxygen atoms in total. The fourth-order valence-electron chi connectivity index (χ4n) is 2.52. The summed E-state index contributed by atoms with van der Waals surface area (Å²) in [6, 6.07) is 8.93. The van der Waals surface area contributed by atoms with E-state index in [-0.39, 0.29) is 25.9 Å². The van der Waals surface area contributed by atoms with E-state index in [0.29, 0.717) is 0 Å². The third kappa shape index (κ3) is 6.17. The molecule has 9 heteroatoms. The van der Waals surface area contributed by atoms with E-state index in [1.54, 1.807) is 24.3 Å². The van der Waals surface area contributed by atoms with Crippen molar-refractivity contribution in [2.24, 2.45) is 5.92 Å². The fraction of sp³-hybridized carbons (Fsp3) is 0.438. The number of amides is 1. The van der Waals surface area contributed by atoms with E-state index in [0.717, 1.165) is 11.0 Å². The summed E-state index contributed by atoms with van der Waals surface area (Å²) in [5.74, 6) is -1.29. The number of nitrogens with one attached hydrogen (secondary N) is 1. The molecule has 0 atom stereocenters. The van der Waals surface area contributed by atoms with Gasteiger partial charge in [0.15, 0.2) is 0 Å². The molecule has 1 heterocycles. The van der Waals surface area contributed by atoms with Crippen LogP contribution in [0.25, 0.3) is 6.08 Å². The Morgan fingerprint density at radius 2 is 1.80 bits per heavy atom. The van der Waals surface area contributed by atoms with Gasteiger partial charge in [0, 0.05) is 24.4 Å². The van der Waals surface area contributed by atoms with Gasteiger partial charge in [0.05, 0.1) is 0 Å². The molecule has 1 aromatic carbocycles. The molecule has 0 bridgehead atoms. The lowest BCUT2D eigenvalue weighted by atomic mass is 9.97. The Morgan fingerprint density at radius 1 is 1.20 bits per heavy atom. The van der Waals surface area contributed by atoms with Crippen molar-refractivity contribution in [1.82, 2.24) is 9.62 Å². The van der Waals surface area contributed by atoms with Crippen LogP contribution in [0.5, 0.6) is 0 Å². The lowest BCUT2D eigenvalue weighted by molar-refractivity contribution is -0.141. The highest BCUT2D eigenvalue weighted by atomic mass is 32.2. The number of benzene rings is 1. The number of alkyl halides is 3. The molecule has 0 aromatic heterocycles. The first-order valence-electron chi connectivity index (χ1n) is 7.75. The molecular formula is C16H19F3N2O3S. The summed E-state index contributed by atoms with van der Waals surface area (Å²) in [5.41, 5.74) is 0.743. The minimum atomic E-state index is -4.46. The first kappa shape index (κ1) is 19.5. The van der Waals surface area contributed by atoms with E-state index in [9.17, 15) is 26.4 Å². The standard InChI is InChI=1S/C16H19F3N2O3S/c17-16(18,19)12-20-15(22)14-6-9-21(10-7-14)25(23,24)11-8-13-4-2-1-3-5-13/h1-5,8,11,14H,6-7,9-10,12H2,(H,20,22)/b11-8+. The topological polar surface area (TPSA) is 66.5 Å². The maximum Gasteiger partial charge on any atom is 0.405 e. The van der Waals surface area contributed by atoms with Crippen molar-refractivity contribution in [3.05, 3.63) is 41.3 Å². The van der Waals surface area contributed by atoms with Gasteiger partial charge in [-0.05, 0) is 24.5 Å². The van der Waals surface area contributed by atoms with E-state index in [2.05, 4.69) is 0 Å². The predicted molar refractivity (Wildman–Crippen MR) is 87.8 cm³/mol. The highest BCUT2D eigenvalue weighted by molar-refractivity contribution is 7.92. The van der Waals surface area contributed by atoms with Crippen LogP contribution < -0.4 is 5.32 Å². The van der Waals surface area contributed by atoms with Crippen LogP contribution in [0.15, 0.2) is 35.7 Å². The molecule has 1 N–H and O–H groups in total. The van der Waals surface area contributed by atoms with Crippen LogP contribution in [0.1, 0.15) is 18.4 Å². The number of hydrogen-bond donors (Lipinski definition) is 1. The molecule has 1 aliphatic heterocycles. The number of hydrogen-bond acceptors (Lipinski definition) is 3. The van der Waals surface area contributed by atoms with Crippen LogP contribution in [0.3, 0.4) is 0 Å². The van der Waals surface area contributed by atoms with Gasteiger partial charge in [-0.15, -0.1) is 0 Å².